The number of aliphatic imine (C=N–C) groups is 1. The maximum atomic E-state index is 12.8. The zero-order valence-corrected chi connectivity index (χ0v) is 15.3. The average Bonchev–Trinajstić information content (AvgIpc) is 3.23. The minimum Gasteiger partial charge on any atom is -0.481 e. The summed E-state index contributed by atoms with van der Waals surface area (Å²) in [4.78, 5) is 12.4. The molecule has 9 heteroatoms. The third-order valence-corrected chi connectivity index (χ3v) is 4.16. The van der Waals surface area contributed by atoms with Crippen LogP contribution in [0.4, 0.5) is 13.2 Å². The number of benzene rings is 2. The molecule has 0 fully saturated rings. The Kier molecular flexibility index (Phi) is 4.96. The van der Waals surface area contributed by atoms with Gasteiger partial charge in [0.25, 0.3) is 0 Å². The van der Waals surface area contributed by atoms with Gasteiger partial charge in [0.05, 0.1) is 29.3 Å². The summed E-state index contributed by atoms with van der Waals surface area (Å²) in [6.45, 7) is 3.06. The maximum Gasteiger partial charge on any atom is 0.416 e. The van der Waals surface area contributed by atoms with Crippen molar-refractivity contribution >= 4 is 16.9 Å². The molecule has 1 aromatic heterocycles. The van der Waals surface area contributed by atoms with Gasteiger partial charge in [-0.25, -0.2) is 15.0 Å². The lowest BCUT2D eigenvalue weighted by molar-refractivity contribution is -0.137. The highest BCUT2D eigenvalue weighted by Crippen LogP contribution is 2.31. The third kappa shape index (κ3) is 4.39. The van der Waals surface area contributed by atoms with Crippen LogP contribution in [0.3, 0.4) is 0 Å². The van der Waals surface area contributed by atoms with Gasteiger partial charge in [-0.15, -0.1) is 0 Å². The van der Waals surface area contributed by atoms with E-state index in [1.165, 1.54) is 12.3 Å². The number of aromatic nitrogens is 2. The molecule has 0 saturated heterocycles. The molecule has 0 bridgehead atoms. The Bertz CT molecular complexity index is 1050. The summed E-state index contributed by atoms with van der Waals surface area (Å²) in [6.07, 6.45) is -3.44. The van der Waals surface area contributed by atoms with Crippen molar-refractivity contribution in [2.45, 2.75) is 19.2 Å². The molecule has 6 nitrogen and oxygen atoms in total. The fourth-order valence-electron chi connectivity index (χ4n) is 2.78. The van der Waals surface area contributed by atoms with Gasteiger partial charge in [0, 0.05) is 0 Å². The topological polar surface area (TPSA) is 65.8 Å². The number of rotatable bonds is 5. The Morgan fingerprint density at radius 3 is 2.48 bits per heavy atom. The molecule has 2 heterocycles. The summed E-state index contributed by atoms with van der Waals surface area (Å²) in [5, 5.41) is 0. The first-order valence-electron chi connectivity index (χ1n) is 8.84. The van der Waals surface area contributed by atoms with Crippen molar-refractivity contribution in [2.75, 3.05) is 13.2 Å². The van der Waals surface area contributed by atoms with Crippen molar-refractivity contribution < 1.29 is 27.4 Å². The number of ether oxygens (including phenoxy) is 3. The van der Waals surface area contributed by atoms with Crippen molar-refractivity contribution in [1.29, 1.82) is 0 Å². The van der Waals surface area contributed by atoms with E-state index in [2.05, 4.69) is 15.0 Å². The van der Waals surface area contributed by atoms with Crippen molar-refractivity contribution in [2.24, 2.45) is 4.99 Å². The molecule has 2 aromatic carbocycles. The van der Waals surface area contributed by atoms with E-state index in [1.807, 2.05) is 6.92 Å². The first-order chi connectivity index (χ1) is 13.9. The molecule has 0 N–H and O–H groups in total. The second-order valence-corrected chi connectivity index (χ2v) is 6.31. The van der Waals surface area contributed by atoms with E-state index >= 15 is 0 Å². The first kappa shape index (κ1) is 19.0. The zero-order chi connectivity index (χ0) is 20.4. The SMILES string of the molecule is CC(Oc1ccc(Oc2cnc3cc(C(F)(F)F)ccc3n2)cc1)C1=NCCO1. The predicted molar refractivity (Wildman–Crippen MR) is 99.4 cm³/mol. The number of hydrogen-bond donors (Lipinski definition) is 0. The van der Waals surface area contributed by atoms with Crippen molar-refractivity contribution in [3.8, 4) is 17.4 Å². The number of hydrogen-bond acceptors (Lipinski definition) is 6. The molecule has 0 radical (unpaired) electrons. The molecule has 0 saturated carbocycles. The molecule has 150 valence electrons. The van der Waals surface area contributed by atoms with Crippen molar-refractivity contribution in [3.05, 3.63) is 54.2 Å². The van der Waals surface area contributed by atoms with Crippen molar-refractivity contribution in [1.82, 2.24) is 9.97 Å². The highest BCUT2D eigenvalue weighted by atomic mass is 19.4. The van der Waals surface area contributed by atoms with Gasteiger partial charge in [-0.1, -0.05) is 0 Å². The summed E-state index contributed by atoms with van der Waals surface area (Å²) < 4.78 is 55.1. The average molecular weight is 403 g/mol. The highest BCUT2D eigenvalue weighted by molar-refractivity contribution is 5.82. The lowest BCUT2D eigenvalue weighted by atomic mass is 10.2. The van der Waals surface area contributed by atoms with Crippen LogP contribution in [0.25, 0.3) is 11.0 Å². The Hall–Kier alpha value is -3.36. The van der Waals surface area contributed by atoms with Crippen LogP contribution in [-0.4, -0.2) is 35.1 Å². The summed E-state index contributed by atoms with van der Waals surface area (Å²) in [5.74, 6) is 1.85. The lowest BCUT2D eigenvalue weighted by Crippen LogP contribution is -2.23. The number of alkyl halides is 3. The van der Waals surface area contributed by atoms with Crippen LogP contribution in [0.1, 0.15) is 12.5 Å². The van der Waals surface area contributed by atoms with Crippen LogP contribution < -0.4 is 9.47 Å². The molecule has 1 aliphatic heterocycles. The molecular formula is C20H16F3N3O3. The summed E-state index contributed by atoms with van der Waals surface area (Å²) in [5.41, 5.74) is -0.324. The van der Waals surface area contributed by atoms with Gasteiger partial charge in [0.2, 0.25) is 11.8 Å². The van der Waals surface area contributed by atoms with Crippen LogP contribution in [0.5, 0.6) is 17.4 Å². The quantitative estimate of drug-likeness (QED) is 0.621. The fraction of sp³-hybridized carbons (Fsp3) is 0.250. The molecule has 29 heavy (non-hydrogen) atoms. The van der Waals surface area contributed by atoms with E-state index in [4.69, 9.17) is 14.2 Å². The zero-order valence-electron chi connectivity index (χ0n) is 15.3. The first-order valence-corrected chi connectivity index (χ1v) is 8.84. The van der Waals surface area contributed by atoms with Gasteiger partial charge in [0.1, 0.15) is 18.1 Å². The van der Waals surface area contributed by atoms with Crippen LogP contribution >= 0.6 is 0 Å². The van der Waals surface area contributed by atoms with Gasteiger partial charge in [-0.05, 0) is 49.4 Å². The Labute approximate surface area is 164 Å². The van der Waals surface area contributed by atoms with E-state index in [0.717, 1.165) is 12.1 Å². The van der Waals surface area contributed by atoms with Gasteiger partial charge in [-0.2, -0.15) is 13.2 Å². The monoisotopic (exact) mass is 403 g/mol. The number of halogens is 3. The molecular weight excluding hydrogens is 387 g/mol. The molecule has 1 unspecified atom stereocenters. The highest BCUT2D eigenvalue weighted by Gasteiger charge is 2.30. The molecule has 1 aliphatic rings. The molecule has 0 aliphatic carbocycles. The minimum atomic E-state index is -4.43. The Morgan fingerprint density at radius 1 is 1.03 bits per heavy atom. The minimum absolute atomic E-state index is 0.141. The molecule has 3 aromatic rings. The van der Waals surface area contributed by atoms with Crippen molar-refractivity contribution in [3.63, 3.8) is 0 Å². The largest absolute Gasteiger partial charge is 0.481 e. The predicted octanol–water partition coefficient (Wildman–Crippen LogP) is 4.64. The Balaban J connectivity index is 1.45. The van der Waals surface area contributed by atoms with Crippen LogP contribution in [0.15, 0.2) is 53.7 Å². The van der Waals surface area contributed by atoms with Gasteiger partial charge < -0.3 is 14.2 Å². The lowest BCUT2D eigenvalue weighted by Gasteiger charge is -2.14. The van der Waals surface area contributed by atoms with Gasteiger partial charge in [-0.3, -0.25) is 0 Å². The fourth-order valence-corrected chi connectivity index (χ4v) is 2.78. The standard InChI is InChI=1S/C20H16F3N3O3/c1-12(19-24-8-9-27-19)28-14-3-5-15(6-4-14)29-18-11-25-17-10-13(20(21,22)23)2-7-16(17)26-18/h2-7,10-12H,8-9H2,1H3. The number of nitrogens with zero attached hydrogens (tertiary/aromatic N) is 3. The van der Waals surface area contributed by atoms with Gasteiger partial charge >= 0.3 is 6.18 Å². The molecule has 0 spiro atoms. The summed E-state index contributed by atoms with van der Waals surface area (Å²) in [6, 6.07) is 10.0. The van der Waals surface area contributed by atoms with E-state index in [1.54, 1.807) is 24.3 Å². The third-order valence-electron chi connectivity index (χ3n) is 4.16. The smallest absolute Gasteiger partial charge is 0.416 e. The summed E-state index contributed by atoms with van der Waals surface area (Å²) >= 11 is 0. The van der Waals surface area contributed by atoms with Crippen LogP contribution in [-0.2, 0) is 10.9 Å². The van der Waals surface area contributed by atoms with Gasteiger partial charge in [0.15, 0.2) is 6.10 Å². The molecule has 4 rings (SSSR count). The molecule has 0 amide bonds. The second-order valence-electron chi connectivity index (χ2n) is 6.31. The van der Waals surface area contributed by atoms with E-state index < -0.39 is 11.7 Å². The van der Waals surface area contributed by atoms with Crippen LogP contribution in [0, 0.1) is 0 Å². The second kappa shape index (κ2) is 7.57. The number of fused-ring (bicyclic) bond motifs is 1. The molecule has 1 atom stereocenters. The normalized spacial score (nSPS) is 15.0. The van der Waals surface area contributed by atoms with Crippen LogP contribution in [0.2, 0.25) is 0 Å². The maximum absolute atomic E-state index is 12.8. The van der Waals surface area contributed by atoms with E-state index in [0.29, 0.717) is 36.1 Å². The van der Waals surface area contributed by atoms with E-state index in [9.17, 15) is 13.2 Å². The van der Waals surface area contributed by atoms with E-state index in [-0.39, 0.29) is 17.5 Å². The summed E-state index contributed by atoms with van der Waals surface area (Å²) in [7, 11) is 0. The Morgan fingerprint density at radius 2 is 1.79 bits per heavy atom.